The van der Waals surface area contributed by atoms with Gasteiger partial charge in [-0.25, -0.2) is 4.79 Å². The van der Waals surface area contributed by atoms with E-state index in [2.05, 4.69) is 26.1 Å². The van der Waals surface area contributed by atoms with E-state index >= 15 is 0 Å². The molecule has 2 aliphatic heterocycles. The van der Waals surface area contributed by atoms with Crippen LogP contribution in [0.15, 0.2) is 30.3 Å². The van der Waals surface area contributed by atoms with Crippen molar-refractivity contribution in [2.24, 2.45) is 10.8 Å². The Morgan fingerprint density at radius 1 is 1.19 bits per heavy atom. The summed E-state index contributed by atoms with van der Waals surface area (Å²) in [6, 6.07) is 10.3. The molecule has 0 radical (unpaired) electrons. The van der Waals surface area contributed by atoms with Crippen molar-refractivity contribution in [3.63, 3.8) is 0 Å². The molecule has 3 aliphatic rings. The van der Waals surface area contributed by atoms with Gasteiger partial charge in [-0.3, -0.25) is 4.79 Å². The van der Waals surface area contributed by atoms with Gasteiger partial charge in [-0.15, -0.1) is 0 Å². The molecule has 2 saturated heterocycles. The minimum absolute atomic E-state index is 0.0146. The average molecular weight is 370 g/mol. The van der Waals surface area contributed by atoms with E-state index in [0.29, 0.717) is 31.0 Å². The van der Waals surface area contributed by atoms with Crippen LogP contribution in [0.4, 0.5) is 4.79 Å². The summed E-state index contributed by atoms with van der Waals surface area (Å²) in [6.07, 6.45) is 3.75. The molecule has 0 spiro atoms. The van der Waals surface area contributed by atoms with Crippen LogP contribution in [0, 0.1) is 10.8 Å². The fourth-order valence-electron chi connectivity index (χ4n) is 5.78. The third kappa shape index (κ3) is 3.83. The highest BCUT2D eigenvalue weighted by Crippen LogP contribution is 2.52. The van der Waals surface area contributed by atoms with Crippen molar-refractivity contribution in [3.8, 4) is 0 Å². The molecule has 3 unspecified atom stereocenters. The molecule has 1 N–H and O–H groups in total. The standard InChI is InChI=1S/C22H31N3O2/c1-21(2)10-18-11-22(3,14-21)15-25(18)20(27)23-17-9-19(26)24(13-17)12-16-7-5-4-6-8-16/h4-8,17-18H,9-15H2,1-3H3,(H,23,27). The summed E-state index contributed by atoms with van der Waals surface area (Å²) in [4.78, 5) is 29.2. The minimum atomic E-state index is -0.0880. The van der Waals surface area contributed by atoms with Gasteiger partial charge in [0.05, 0.1) is 6.04 Å². The summed E-state index contributed by atoms with van der Waals surface area (Å²) in [7, 11) is 0. The van der Waals surface area contributed by atoms with Gasteiger partial charge in [0.15, 0.2) is 0 Å². The number of carbonyl (C=O) groups is 2. The van der Waals surface area contributed by atoms with Gasteiger partial charge in [0.1, 0.15) is 0 Å². The van der Waals surface area contributed by atoms with E-state index in [4.69, 9.17) is 0 Å². The van der Waals surface area contributed by atoms with Gasteiger partial charge in [0.25, 0.3) is 0 Å². The summed E-state index contributed by atoms with van der Waals surface area (Å²) < 4.78 is 0. The van der Waals surface area contributed by atoms with E-state index in [1.165, 1.54) is 6.42 Å². The largest absolute Gasteiger partial charge is 0.336 e. The van der Waals surface area contributed by atoms with E-state index in [-0.39, 0.29) is 23.4 Å². The number of urea groups is 1. The predicted octanol–water partition coefficient (Wildman–Crippen LogP) is 3.40. The summed E-state index contributed by atoms with van der Waals surface area (Å²) in [5, 5.41) is 3.15. The van der Waals surface area contributed by atoms with Gasteiger partial charge in [0, 0.05) is 32.1 Å². The number of hydrogen-bond donors (Lipinski definition) is 1. The first-order valence-electron chi connectivity index (χ1n) is 10.1. The molecule has 2 heterocycles. The first-order chi connectivity index (χ1) is 12.7. The van der Waals surface area contributed by atoms with Crippen molar-refractivity contribution in [2.75, 3.05) is 13.1 Å². The van der Waals surface area contributed by atoms with Crippen molar-refractivity contribution < 1.29 is 9.59 Å². The molecular formula is C22H31N3O2. The normalized spacial score (nSPS) is 32.0. The van der Waals surface area contributed by atoms with Crippen LogP contribution < -0.4 is 5.32 Å². The quantitative estimate of drug-likeness (QED) is 0.888. The average Bonchev–Trinajstić information content (AvgIpc) is 3.03. The third-order valence-electron chi connectivity index (χ3n) is 6.43. The Morgan fingerprint density at radius 3 is 2.67 bits per heavy atom. The zero-order chi connectivity index (χ0) is 19.2. The SMILES string of the molecule is CC1(C)CC2CC(C)(CN2C(=O)NC2CC(=O)N(Cc3ccccc3)C2)C1. The topological polar surface area (TPSA) is 52.7 Å². The molecule has 4 rings (SSSR count). The summed E-state index contributed by atoms with van der Waals surface area (Å²) in [5.74, 6) is 0.123. The molecule has 3 atom stereocenters. The smallest absolute Gasteiger partial charge is 0.317 e. The Balaban J connectivity index is 1.36. The molecule has 3 fully saturated rings. The van der Waals surface area contributed by atoms with Crippen LogP contribution in [0.5, 0.6) is 0 Å². The molecule has 1 saturated carbocycles. The van der Waals surface area contributed by atoms with Crippen LogP contribution in [-0.2, 0) is 11.3 Å². The Labute approximate surface area is 162 Å². The highest BCUT2D eigenvalue weighted by Gasteiger charge is 2.51. The van der Waals surface area contributed by atoms with Gasteiger partial charge in [-0.1, -0.05) is 51.1 Å². The number of nitrogens with one attached hydrogen (secondary N) is 1. The molecular weight excluding hydrogens is 338 g/mol. The molecule has 2 bridgehead atoms. The fraction of sp³-hybridized carbons (Fsp3) is 0.636. The number of rotatable bonds is 3. The zero-order valence-electron chi connectivity index (χ0n) is 16.7. The summed E-state index contributed by atoms with van der Waals surface area (Å²) in [6.45, 7) is 8.99. The van der Waals surface area contributed by atoms with Gasteiger partial charge in [-0.2, -0.15) is 0 Å². The molecule has 3 amide bonds. The number of likely N-dealkylation sites (tertiary alicyclic amines) is 2. The third-order valence-corrected chi connectivity index (χ3v) is 6.43. The summed E-state index contributed by atoms with van der Waals surface area (Å²) >= 11 is 0. The monoisotopic (exact) mass is 369 g/mol. The van der Waals surface area contributed by atoms with Crippen LogP contribution in [-0.4, -0.2) is 46.9 Å². The van der Waals surface area contributed by atoms with Gasteiger partial charge in [0.2, 0.25) is 5.91 Å². The van der Waals surface area contributed by atoms with Crippen LogP contribution >= 0.6 is 0 Å². The second-order valence-electron chi connectivity index (χ2n) is 9.95. The Kier molecular flexibility index (Phi) is 4.44. The maximum absolute atomic E-state index is 13.0. The van der Waals surface area contributed by atoms with Crippen LogP contribution in [0.25, 0.3) is 0 Å². The molecule has 1 aromatic carbocycles. The molecule has 5 nitrogen and oxygen atoms in total. The van der Waals surface area contributed by atoms with Crippen molar-refractivity contribution >= 4 is 11.9 Å². The molecule has 1 aliphatic carbocycles. The van der Waals surface area contributed by atoms with Crippen molar-refractivity contribution in [1.29, 1.82) is 0 Å². The molecule has 146 valence electrons. The van der Waals surface area contributed by atoms with Crippen LogP contribution in [0.2, 0.25) is 0 Å². The highest BCUT2D eigenvalue weighted by molar-refractivity contribution is 5.82. The lowest BCUT2D eigenvalue weighted by molar-refractivity contribution is -0.128. The van der Waals surface area contributed by atoms with E-state index in [9.17, 15) is 9.59 Å². The number of amides is 3. The van der Waals surface area contributed by atoms with Gasteiger partial charge < -0.3 is 15.1 Å². The lowest BCUT2D eigenvalue weighted by Crippen LogP contribution is -2.48. The van der Waals surface area contributed by atoms with Crippen molar-refractivity contribution in [1.82, 2.24) is 15.1 Å². The second-order valence-corrected chi connectivity index (χ2v) is 9.95. The highest BCUT2D eigenvalue weighted by atomic mass is 16.2. The van der Waals surface area contributed by atoms with Gasteiger partial charge in [-0.05, 0) is 35.7 Å². The maximum atomic E-state index is 13.0. The first-order valence-corrected chi connectivity index (χ1v) is 10.1. The molecule has 0 aromatic heterocycles. The lowest BCUT2D eigenvalue weighted by Gasteiger charge is -2.39. The van der Waals surface area contributed by atoms with E-state index in [0.717, 1.165) is 24.9 Å². The first kappa shape index (κ1) is 18.3. The summed E-state index contributed by atoms with van der Waals surface area (Å²) in [5.41, 5.74) is 1.65. The number of benzene rings is 1. The van der Waals surface area contributed by atoms with E-state index < -0.39 is 0 Å². The Hall–Kier alpha value is -2.04. The van der Waals surface area contributed by atoms with Crippen molar-refractivity contribution in [3.05, 3.63) is 35.9 Å². The predicted molar refractivity (Wildman–Crippen MR) is 105 cm³/mol. The maximum Gasteiger partial charge on any atom is 0.317 e. The number of fused-ring (bicyclic) bond motifs is 2. The minimum Gasteiger partial charge on any atom is -0.336 e. The van der Waals surface area contributed by atoms with Gasteiger partial charge >= 0.3 is 6.03 Å². The number of hydrogen-bond acceptors (Lipinski definition) is 2. The van der Waals surface area contributed by atoms with Crippen LogP contribution in [0.3, 0.4) is 0 Å². The molecule has 1 aromatic rings. The Morgan fingerprint density at radius 2 is 1.93 bits per heavy atom. The Bertz CT molecular complexity index is 732. The number of carbonyl (C=O) groups excluding carboxylic acids is 2. The van der Waals surface area contributed by atoms with E-state index in [1.54, 1.807) is 0 Å². The lowest BCUT2D eigenvalue weighted by atomic mass is 9.65. The van der Waals surface area contributed by atoms with E-state index in [1.807, 2.05) is 40.1 Å². The second kappa shape index (κ2) is 6.54. The van der Waals surface area contributed by atoms with Crippen molar-refractivity contribution in [2.45, 2.75) is 65.1 Å². The molecule has 27 heavy (non-hydrogen) atoms. The number of nitrogens with zero attached hydrogens (tertiary/aromatic N) is 2. The fourth-order valence-corrected chi connectivity index (χ4v) is 5.78. The van der Waals surface area contributed by atoms with Crippen LogP contribution in [0.1, 0.15) is 52.0 Å². The zero-order valence-corrected chi connectivity index (χ0v) is 16.7. The molecule has 5 heteroatoms.